The predicted octanol–water partition coefficient (Wildman–Crippen LogP) is 5.41. The number of hydrogen-bond donors (Lipinski definition) is 2. The van der Waals surface area contributed by atoms with Gasteiger partial charge in [0.15, 0.2) is 5.11 Å². The van der Waals surface area contributed by atoms with Crippen molar-refractivity contribution in [2.24, 2.45) is 0 Å². The number of rotatable bonds is 6. The smallest absolute Gasteiger partial charge is 0.232 e. The summed E-state index contributed by atoms with van der Waals surface area (Å²) in [5, 5.41) is 7.41. The Morgan fingerprint density at radius 2 is 1.44 bits per heavy atom. The largest absolute Gasteiger partial charge is 0.381 e. The standard InChI is InChI=1S/C31H38N6OS/c39-30(32-23-31(14-18-38-19-15-31)26-12-4-3-5-13-26)35-29-33-27(36-16-8-1-2-9-17-36)20-28(34-29)37-21-24-10-6-7-11-25(24)22-37/h3-7,10-13,20H,1-2,8-9,14-19,21-23H2,(H2,32,33,34,35,39). The number of nitrogens with one attached hydrogen (secondary N) is 2. The molecule has 2 N–H and O–H groups in total. The summed E-state index contributed by atoms with van der Waals surface area (Å²) in [5.41, 5.74) is 4.05. The van der Waals surface area contributed by atoms with E-state index in [0.29, 0.717) is 11.1 Å². The average molecular weight is 543 g/mol. The monoisotopic (exact) mass is 542 g/mol. The van der Waals surface area contributed by atoms with E-state index in [2.05, 4.69) is 81.1 Å². The first kappa shape index (κ1) is 26.0. The zero-order chi connectivity index (χ0) is 26.5. The zero-order valence-corrected chi connectivity index (χ0v) is 23.4. The van der Waals surface area contributed by atoms with Crippen LogP contribution < -0.4 is 20.4 Å². The first-order valence-corrected chi connectivity index (χ1v) is 14.7. The lowest BCUT2D eigenvalue weighted by Crippen LogP contribution is -2.45. The van der Waals surface area contributed by atoms with Crippen molar-refractivity contribution >= 4 is 34.9 Å². The van der Waals surface area contributed by atoms with Gasteiger partial charge in [-0.25, -0.2) is 0 Å². The molecule has 3 aromatic rings. The fourth-order valence-corrected chi connectivity index (χ4v) is 6.28. The summed E-state index contributed by atoms with van der Waals surface area (Å²) in [6.07, 6.45) is 6.89. The van der Waals surface area contributed by atoms with Gasteiger partial charge in [-0.3, -0.25) is 0 Å². The van der Waals surface area contributed by atoms with Gasteiger partial charge >= 0.3 is 0 Å². The van der Waals surface area contributed by atoms with Crippen molar-refractivity contribution in [1.82, 2.24) is 15.3 Å². The minimum atomic E-state index is -0.00745. The quantitative estimate of drug-likeness (QED) is 0.401. The second-order valence-corrected chi connectivity index (χ2v) is 11.4. The van der Waals surface area contributed by atoms with Crippen LogP contribution in [-0.2, 0) is 23.2 Å². The molecule has 2 fully saturated rings. The molecule has 0 spiro atoms. The number of aromatic nitrogens is 2. The summed E-state index contributed by atoms with van der Waals surface area (Å²) < 4.78 is 5.71. The molecule has 204 valence electrons. The summed E-state index contributed by atoms with van der Waals surface area (Å²) in [7, 11) is 0. The van der Waals surface area contributed by atoms with Crippen LogP contribution in [0.1, 0.15) is 55.2 Å². The van der Waals surface area contributed by atoms with Crippen molar-refractivity contribution in [3.63, 3.8) is 0 Å². The van der Waals surface area contributed by atoms with Gasteiger partial charge in [0.05, 0.1) is 0 Å². The first-order chi connectivity index (χ1) is 19.2. The van der Waals surface area contributed by atoms with Crippen molar-refractivity contribution in [2.45, 2.75) is 57.0 Å². The molecule has 7 nitrogen and oxygen atoms in total. The van der Waals surface area contributed by atoms with Gasteiger partial charge in [-0.05, 0) is 54.6 Å². The number of anilines is 3. The van der Waals surface area contributed by atoms with E-state index in [1.54, 1.807) is 0 Å². The van der Waals surface area contributed by atoms with E-state index in [9.17, 15) is 0 Å². The highest BCUT2D eigenvalue weighted by Crippen LogP contribution is 2.34. The molecule has 2 aromatic carbocycles. The second-order valence-electron chi connectivity index (χ2n) is 11.0. The summed E-state index contributed by atoms with van der Waals surface area (Å²) in [6.45, 7) is 6.04. The lowest BCUT2D eigenvalue weighted by atomic mass is 9.74. The van der Waals surface area contributed by atoms with E-state index in [1.807, 2.05) is 0 Å². The highest BCUT2D eigenvalue weighted by Gasteiger charge is 2.34. The number of thiocarbonyl (C=S) groups is 1. The van der Waals surface area contributed by atoms with Gasteiger partial charge in [-0.15, -0.1) is 0 Å². The van der Waals surface area contributed by atoms with Gasteiger partial charge in [-0.2, -0.15) is 9.97 Å². The SMILES string of the molecule is S=C(NCC1(c2ccccc2)CCOCC1)Nc1nc(N2CCCCCC2)cc(N2Cc3ccccc3C2)n1. The molecule has 0 saturated carbocycles. The van der Waals surface area contributed by atoms with Crippen LogP contribution in [0.15, 0.2) is 60.7 Å². The maximum Gasteiger partial charge on any atom is 0.232 e. The van der Waals surface area contributed by atoms with Gasteiger partial charge in [-0.1, -0.05) is 67.4 Å². The minimum Gasteiger partial charge on any atom is -0.381 e. The summed E-state index contributed by atoms with van der Waals surface area (Å²) in [4.78, 5) is 14.7. The van der Waals surface area contributed by atoms with Crippen LogP contribution in [0.4, 0.5) is 17.6 Å². The van der Waals surface area contributed by atoms with Crippen molar-refractivity contribution < 1.29 is 4.74 Å². The molecule has 4 heterocycles. The molecule has 0 radical (unpaired) electrons. The molecule has 2 saturated heterocycles. The van der Waals surface area contributed by atoms with Crippen LogP contribution in [-0.4, -0.2) is 47.9 Å². The third-order valence-electron chi connectivity index (χ3n) is 8.44. The van der Waals surface area contributed by atoms with Crippen LogP contribution in [0.2, 0.25) is 0 Å². The maximum atomic E-state index is 5.80. The van der Waals surface area contributed by atoms with Crippen molar-refractivity contribution in [1.29, 1.82) is 0 Å². The van der Waals surface area contributed by atoms with E-state index in [1.165, 1.54) is 42.4 Å². The molecule has 8 heteroatoms. The van der Waals surface area contributed by atoms with E-state index >= 15 is 0 Å². The Balaban J connectivity index is 1.21. The highest BCUT2D eigenvalue weighted by atomic mass is 32.1. The number of nitrogens with zero attached hydrogens (tertiary/aromatic N) is 4. The molecule has 1 aromatic heterocycles. The van der Waals surface area contributed by atoms with Crippen LogP contribution in [0.3, 0.4) is 0 Å². The lowest BCUT2D eigenvalue weighted by Gasteiger charge is -2.38. The molecule has 0 atom stereocenters. The van der Waals surface area contributed by atoms with Crippen LogP contribution in [0, 0.1) is 0 Å². The first-order valence-electron chi connectivity index (χ1n) is 14.3. The van der Waals surface area contributed by atoms with E-state index < -0.39 is 0 Å². The highest BCUT2D eigenvalue weighted by molar-refractivity contribution is 7.80. The van der Waals surface area contributed by atoms with Gasteiger partial charge in [0, 0.05) is 57.4 Å². The van der Waals surface area contributed by atoms with Gasteiger partial charge in [0.1, 0.15) is 11.6 Å². The number of fused-ring (bicyclic) bond motifs is 1. The molecule has 0 aliphatic carbocycles. The third kappa shape index (κ3) is 6.02. The zero-order valence-electron chi connectivity index (χ0n) is 22.6. The summed E-state index contributed by atoms with van der Waals surface area (Å²) >= 11 is 5.80. The predicted molar refractivity (Wildman–Crippen MR) is 161 cm³/mol. The number of hydrogen-bond acceptors (Lipinski definition) is 6. The van der Waals surface area contributed by atoms with Crippen LogP contribution >= 0.6 is 12.2 Å². The van der Waals surface area contributed by atoms with Crippen molar-refractivity contribution in [2.75, 3.05) is 48.0 Å². The van der Waals surface area contributed by atoms with Gasteiger partial charge < -0.3 is 25.2 Å². The molecule has 3 aliphatic rings. The minimum absolute atomic E-state index is 0.00745. The normalized spacial score (nSPS) is 18.8. The van der Waals surface area contributed by atoms with E-state index in [-0.39, 0.29) is 5.41 Å². The maximum absolute atomic E-state index is 5.80. The van der Waals surface area contributed by atoms with E-state index in [0.717, 1.165) is 70.4 Å². The molecular formula is C31H38N6OS. The summed E-state index contributed by atoms with van der Waals surface area (Å²) in [5.74, 6) is 2.48. The Kier molecular flexibility index (Phi) is 7.93. The van der Waals surface area contributed by atoms with E-state index in [4.69, 9.17) is 26.9 Å². The Hall–Kier alpha value is -3.23. The number of benzene rings is 2. The van der Waals surface area contributed by atoms with Crippen LogP contribution in [0.5, 0.6) is 0 Å². The molecule has 6 rings (SSSR count). The van der Waals surface area contributed by atoms with Crippen molar-refractivity contribution in [3.8, 4) is 0 Å². The molecule has 3 aliphatic heterocycles. The molecular weight excluding hydrogens is 504 g/mol. The average Bonchev–Trinajstić information content (AvgIpc) is 3.23. The fourth-order valence-electron chi connectivity index (χ4n) is 6.11. The number of ether oxygens (including phenoxy) is 1. The van der Waals surface area contributed by atoms with Crippen molar-refractivity contribution in [3.05, 3.63) is 77.4 Å². The Morgan fingerprint density at radius 3 is 2.10 bits per heavy atom. The Bertz CT molecular complexity index is 1250. The Labute approximate surface area is 237 Å². The molecule has 39 heavy (non-hydrogen) atoms. The second kappa shape index (κ2) is 11.9. The Morgan fingerprint density at radius 1 is 0.821 bits per heavy atom. The topological polar surface area (TPSA) is 65.6 Å². The lowest BCUT2D eigenvalue weighted by molar-refractivity contribution is 0.0515. The molecule has 0 amide bonds. The van der Waals surface area contributed by atoms with Gasteiger partial charge in [0.2, 0.25) is 5.95 Å². The summed E-state index contributed by atoms with van der Waals surface area (Å²) in [6, 6.07) is 21.5. The molecule has 0 unspecified atom stereocenters. The molecule has 0 bridgehead atoms. The van der Waals surface area contributed by atoms with Gasteiger partial charge in [0.25, 0.3) is 0 Å². The third-order valence-corrected chi connectivity index (χ3v) is 8.69. The fraction of sp³-hybridized carbons (Fsp3) is 0.452. The van der Waals surface area contributed by atoms with Crippen LogP contribution in [0.25, 0.3) is 0 Å².